The average molecular weight is 317 g/mol. The van der Waals surface area contributed by atoms with E-state index in [1.54, 1.807) is 18.3 Å². The van der Waals surface area contributed by atoms with E-state index < -0.39 is 0 Å². The van der Waals surface area contributed by atoms with Crippen LogP contribution >= 0.6 is 0 Å². The van der Waals surface area contributed by atoms with E-state index in [0.717, 1.165) is 19.5 Å². The normalized spacial score (nSPS) is 17.4. The van der Waals surface area contributed by atoms with Gasteiger partial charge in [0.15, 0.2) is 0 Å². The fourth-order valence-corrected chi connectivity index (χ4v) is 2.85. The molecule has 1 aromatic carbocycles. The Morgan fingerprint density at radius 2 is 2.26 bits per heavy atom. The van der Waals surface area contributed by atoms with Crippen molar-refractivity contribution in [1.29, 1.82) is 0 Å². The van der Waals surface area contributed by atoms with Crippen molar-refractivity contribution in [3.63, 3.8) is 0 Å². The number of hydrogen-bond acceptors (Lipinski definition) is 4. The largest absolute Gasteiger partial charge is 0.396 e. The summed E-state index contributed by atoms with van der Waals surface area (Å²) in [6.07, 6.45) is 4.06. The molecule has 1 aliphatic rings. The van der Waals surface area contributed by atoms with Gasteiger partial charge in [-0.3, -0.25) is 9.48 Å². The lowest BCUT2D eigenvalue weighted by atomic mass is 10.1. The molecule has 3 rings (SSSR count). The molecule has 7 heteroatoms. The summed E-state index contributed by atoms with van der Waals surface area (Å²) in [7, 11) is 0. The summed E-state index contributed by atoms with van der Waals surface area (Å²) in [5, 5.41) is 6.89. The van der Waals surface area contributed by atoms with Crippen LogP contribution in [0, 0.1) is 11.7 Å². The van der Waals surface area contributed by atoms with Crippen LogP contribution in [0.1, 0.15) is 6.42 Å². The number of nitrogen functional groups attached to an aromatic ring is 1. The summed E-state index contributed by atoms with van der Waals surface area (Å²) in [6, 6.07) is 6.79. The molecule has 2 aromatic rings. The molecule has 1 atom stereocenters. The number of hydrogen-bond donors (Lipinski definition) is 2. The second-order valence-corrected chi connectivity index (χ2v) is 5.83. The molecule has 1 fully saturated rings. The van der Waals surface area contributed by atoms with E-state index in [2.05, 4.69) is 10.4 Å². The highest BCUT2D eigenvalue weighted by Gasteiger charge is 2.24. The molecule has 0 unspecified atom stereocenters. The Morgan fingerprint density at radius 1 is 1.43 bits per heavy atom. The van der Waals surface area contributed by atoms with Crippen molar-refractivity contribution >= 4 is 17.3 Å². The number of para-hydroxylation sites is 1. The van der Waals surface area contributed by atoms with E-state index in [0.29, 0.717) is 23.8 Å². The van der Waals surface area contributed by atoms with Gasteiger partial charge in [-0.05, 0) is 24.5 Å². The molecule has 122 valence electrons. The van der Waals surface area contributed by atoms with E-state index in [4.69, 9.17) is 5.73 Å². The van der Waals surface area contributed by atoms with Crippen molar-refractivity contribution < 1.29 is 9.18 Å². The second kappa shape index (κ2) is 6.68. The highest BCUT2D eigenvalue weighted by molar-refractivity contribution is 5.75. The third-order valence-corrected chi connectivity index (χ3v) is 4.03. The zero-order valence-corrected chi connectivity index (χ0v) is 12.8. The van der Waals surface area contributed by atoms with Crippen LogP contribution in [0.4, 0.5) is 15.8 Å². The molecular weight excluding hydrogens is 297 g/mol. The van der Waals surface area contributed by atoms with Crippen molar-refractivity contribution in [3.05, 3.63) is 42.5 Å². The number of amides is 1. The summed E-state index contributed by atoms with van der Waals surface area (Å²) >= 11 is 0. The van der Waals surface area contributed by atoms with Gasteiger partial charge in [-0.25, -0.2) is 4.39 Å². The molecular formula is C16H20FN5O. The Labute approximate surface area is 134 Å². The number of benzene rings is 1. The predicted octanol–water partition coefficient (Wildman–Crippen LogP) is 1.25. The number of carbonyl (C=O) groups excluding carboxylic acids is 1. The van der Waals surface area contributed by atoms with Crippen molar-refractivity contribution in [2.75, 3.05) is 30.3 Å². The Hall–Kier alpha value is -2.57. The fraction of sp³-hybridized carbons (Fsp3) is 0.375. The van der Waals surface area contributed by atoms with Crippen LogP contribution in [0.15, 0.2) is 36.7 Å². The summed E-state index contributed by atoms with van der Waals surface area (Å²) < 4.78 is 15.3. The molecule has 1 aromatic heterocycles. The predicted molar refractivity (Wildman–Crippen MR) is 86.4 cm³/mol. The summed E-state index contributed by atoms with van der Waals surface area (Å²) in [4.78, 5) is 13.9. The van der Waals surface area contributed by atoms with Gasteiger partial charge in [0, 0.05) is 25.8 Å². The lowest BCUT2D eigenvalue weighted by Gasteiger charge is -2.19. The molecule has 1 saturated heterocycles. The number of aromatic nitrogens is 2. The van der Waals surface area contributed by atoms with Gasteiger partial charge < -0.3 is 16.0 Å². The van der Waals surface area contributed by atoms with Gasteiger partial charge in [-0.15, -0.1) is 0 Å². The lowest BCUT2D eigenvalue weighted by Crippen LogP contribution is -2.33. The highest BCUT2D eigenvalue weighted by Crippen LogP contribution is 2.25. The number of carbonyl (C=O) groups is 1. The van der Waals surface area contributed by atoms with Crippen LogP contribution in [0.3, 0.4) is 0 Å². The van der Waals surface area contributed by atoms with Gasteiger partial charge in [0.2, 0.25) is 5.91 Å². The van der Waals surface area contributed by atoms with Crippen molar-refractivity contribution in [1.82, 2.24) is 15.1 Å². The van der Waals surface area contributed by atoms with E-state index in [1.165, 1.54) is 16.9 Å². The molecule has 0 saturated carbocycles. The fourth-order valence-electron chi connectivity index (χ4n) is 2.85. The number of nitrogens with one attached hydrogen (secondary N) is 1. The van der Waals surface area contributed by atoms with Crippen LogP contribution < -0.4 is 16.0 Å². The van der Waals surface area contributed by atoms with Crippen LogP contribution in [0.25, 0.3) is 0 Å². The van der Waals surface area contributed by atoms with Crippen LogP contribution in [-0.4, -0.2) is 35.3 Å². The number of rotatable bonds is 5. The van der Waals surface area contributed by atoms with Crippen molar-refractivity contribution in [2.45, 2.75) is 13.0 Å². The smallest absolute Gasteiger partial charge is 0.241 e. The molecule has 1 aliphatic heterocycles. The summed E-state index contributed by atoms with van der Waals surface area (Å²) in [5.74, 6) is 0.0205. The minimum atomic E-state index is -0.201. The molecule has 0 bridgehead atoms. The van der Waals surface area contributed by atoms with Crippen molar-refractivity contribution in [3.8, 4) is 0 Å². The SMILES string of the molecule is Nc1cnn(CC(=O)NC[C@H]2CCN(c3ccccc3F)C2)c1. The van der Waals surface area contributed by atoms with Gasteiger partial charge in [-0.2, -0.15) is 5.10 Å². The third-order valence-electron chi connectivity index (χ3n) is 4.03. The van der Waals surface area contributed by atoms with E-state index in [1.807, 2.05) is 11.0 Å². The maximum absolute atomic E-state index is 13.8. The third kappa shape index (κ3) is 3.80. The number of nitrogens with zero attached hydrogens (tertiary/aromatic N) is 3. The molecule has 0 aliphatic carbocycles. The average Bonchev–Trinajstić information content (AvgIpc) is 3.15. The molecule has 0 spiro atoms. The number of anilines is 2. The quantitative estimate of drug-likeness (QED) is 0.870. The van der Waals surface area contributed by atoms with Crippen LogP contribution in [0.2, 0.25) is 0 Å². The Kier molecular flexibility index (Phi) is 4.45. The first-order valence-electron chi connectivity index (χ1n) is 7.66. The molecule has 6 nitrogen and oxygen atoms in total. The minimum Gasteiger partial charge on any atom is -0.396 e. The van der Waals surface area contributed by atoms with Gasteiger partial charge >= 0.3 is 0 Å². The zero-order chi connectivity index (χ0) is 16.2. The summed E-state index contributed by atoms with van der Waals surface area (Å²) in [6.45, 7) is 2.29. The van der Waals surface area contributed by atoms with E-state index in [9.17, 15) is 9.18 Å². The number of halogens is 1. The maximum atomic E-state index is 13.8. The van der Waals surface area contributed by atoms with Crippen molar-refractivity contribution in [2.24, 2.45) is 5.92 Å². The lowest BCUT2D eigenvalue weighted by molar-refractivity contribution is -0.122. The topological polar surface area (TPSA) is 76.2 Å². The minimum absolute atomic E-state index is 0.0996. The number of nitrogens with two attached hydrogens (primary N) is 1. The van der Waals surface area contributed by atoms with Gasteiger partial charge in [0.25, 0.3) is 0 Å². The molecule has 3 N–H and O–H groups in total. The van der Waals surface area contributed by atoms with Crippen LogP contribution in [0.5, 0.6) is 0 Å². The Morgan fingerprint density at radius 3 is 3.00 bits per heavy atom. The molecule has 23 heavy (non-hydrogen) atoms. The Balaban J connectivity index is 1.47. The second-order valence-electron chi connectivity index (χ2n) is 5.83. The molecule has 2 heterocycles. The van der Waals surface area contributed by atoms with E-state index in [-0.39, 0.29) is 18.3 Å². The monoisotopic (exact) mass is 317 g/mol. The van der Waals surface area contributed by atoms with E-state index >= 15 is 0 Å². The first kappa shape index (κ1) is 15.3. The van der Waals surface area contributed by atoms with Gasteiger partial charge in [0.1, 0.15) is 12.4 Å². The van der Waals surface area contributed by atoms with Gasteiger partial charge in [-0.1, -0.05) is 12.1 Å². The highest BCUT2D eigenvalue weighted by atomic mass is 19.1. The molecule has 1 amide bonds. The first-order valence-corrected chi connectivity index (χ1v) is 7.66. The standard InChI is InChI=1S/C16H20FN5O/c17-14-3-1-2-4-15(14)21-6-5-12(9-21)7-19-16(23)11-22-10-13(18)8-20-22/h1-4,8,10,12H,5-7,9,11,18H2,(H,19,23)/t12-/m1/s1. The molecule has 0 radical (unpaired) electrons. The maximum Gasteiger partial charge on any atom is 0.241 e. The first-order chi connectivity index (χ1) is 11.1. The van der Waals surface area contributed by atoms with Gasteiger partial charge in [0.05, 0.1) is 17.6 Å². The van der Waals surface area contributed by atoms with Crippen LogP contribution in [-0.2, 0) is 11.3 Å². The Bertz CT molecular complexity index is 687. The summed E-state index contributed by atoms with van der Waals surface area (Å²) in [5.41, 5.74) is 6.73. The zero-order valence-electron chi connectivity index (χ0n) is 12.8.